The minimum Gasteiger partial charge on any atom is -0.462 e. The molecule has 0 saturated heterocycles. The minimum atomic E-state index is -4.97. The summed E-state index contributed by atoms with van der Waals surface area (Å²) in [6, 6.07) is 0. The van der Waals surface area contributed by atoms with Crippen LogP contribution in [0, 0.1) is 0 Å². The Balaban J connectivity index is 5.34. The van der Waals surface area contributed by atoms with E-state index in [1.807, 2.05) is 0 Å². The van der Waals surface area contributed by atoms with Gasteiger partial charge in [-0.25, -0.2) is 9.13 Å². The van der Waals surface area contributed by atoms with Gasteiger partial charge >= 0.3 is 39.5 Å². The molecule has 0 amide bonds. The molecule has 5 unspecified atom stereocenters. The van der Waals surface area contributed by atoms with Gasteiger partial charge in [-0.3, -0.25) is 37.3 Å². The lowest BCUT2D eigenvalue weighted by Gasteiger charge is -2.21. The highest BCUT2D eigenvalue weighted by Crippen LogP contribution is 2.45. The van der Waals surface area contributed by atoms with E-state index in [9.17, 15) is 43.2 Å². The Morgan fingerprint density at radius 3 is 0.810 bits per heavy atom. The molecule has 0 saturated carbocycles. The van der Waals surface area contributed by atoms with E-state index in [1.54, 1.807) is 0 Å². The lowest BCUT2D eigenvalue weighted by molar-refractivity contribution is -0.161. The Kier molecular flexibility index (Phi) is 71.6. The molecule has 5 atom stereocenters. The molecule has 19 heteroatoms. The van der Waals surface area contributed by atoms with Crippen molar-refractivity contribution in [2.45, 2.75) is 393 Å². The van der Waals surface area contributed by atoms with Gasteiger partial charge in [-0.2, -0.15) is 0 Å². The molecular formula is C81H148O17P2. The fourth-order valence-corrected chi connectivity index (χ4v) is 12.9. The predicted octanol–water partition coefficient (Wildman–Crippen LogP) is 23.5. The van der Waals surface area contributed by atoms with Crippen LogP contribution >= 0.6 is 15.6 Å². The van der Waals surface area contributed by atoms with Crippen LogP contribution in [0.5, 0.6) is 0 Å². The Bertz CT molecular complexity index is 2130. The van der Waals surface area contributed by atoms with Gasteiger partial charge in [-0.15, -0.1) is 0 Å². The molecule has 0 aromatic heterocycles. The second-order valence-electron chi connectivity index (χ2n) is 27.3. The number of carbonyl (C=O) groups is 4. The van der Waals surface area contributed by atoms with E-state index in [0.717, 1.165) is 154 Å². The lowest BCUT2D eigenvalue weighted by Crippen LogP contribution is -2.30. The predicted molar refractivity (Wildman–Crippen MR) is 409 cm³/mol. The average molecular weight is 1460 g/mol. The Hall–Kier alpha value is -3.24. The molecule has 3 N–H and O–H groups in total. The van der Waals surface area contributed by atoms with Crippen LogP contribution in [0.2, 0.25) is 0 Å². The van der Waals surface area contributed by atoms with E-state index in [0.29, 0.717) is 25.7 Å². The molecule has 17 nitrogen and oxygen atoms in total. The summed E-state index contributed by atoms with van der Waals surface area (Å²) in [7, 11) is -9.95. The molecule has 0 fully saturated rings. The van der Waals surface area contributed by atoms with Gasteiger partial charge < -0.3 is 33.8 Å². The summed E-state index contributed by atoms with van der Waals surface area (Å²) < 4.78 is 68.6. The maximum atomic E-state index is 13.1. The van der Waals surface area contributed by atoms with E-state index < -0.39 is 97.5 Å². The SMILES string of the molecule is CC/C=C\C/C=C\C/C=C\CCCCCCCC(=O)OCC(COP(=O)(O)OCC(O)COP(=O)(O)OCC(COC(=O)CCCCCCC/C=C\CCCCCCCC)OC(=O)CCCCCCC/C=C\CCCCCCCC)OC(=O)CCCCCCCCCCCCCCCCC. The van der Waals surface area contributed by atoms with E-state index in [4.69, 9.17) is 37.0 Å². The van der Waals surface area contributed by atoms with Crippen molar-refractivity contribution >= 4 is 39.5 Å². The molecule has 0 aromatic rings. The first-order valence-corrected chi connectivity index (χ1v) is 43.5. The quantitative estimate of drug-likeness (QED) is 0.0169. The number of carbonyl (C=O) groups excluding carboxylic acids is 4. The van der Waals surface area contributed by atoms with Crippen molar-refractivity contribution in [3.63, 3.8) is 0 Å². The first kappa shape index (κ1) is 96.8. The molecule has 0 radical (unpaired) electrons. The second kappa shape index (κ2) is 74.0. The smallest absolute Gasteiger partial charge is 0.462 e. The first-order chi connectivity index (χ1) is 48.7. The Labute approximate surface area is 610 Å². The van der Waals surface area contributed by atoms with Crippen LogP contribution in [0.15, 0.2) is 60.8 Å². The number of hydrogen-bond donors (Lipinski definition) is 3. The number of rotatable bonds is 77. The number of aliphatic hydroxyl groups is 1. The highest BCUT2D eigenvalue weighted by Gasteiger charge is 2.30. The van der Waals surface area contributed by atoms with E-state index >= 15 is 0 Å². The normalized spacial score (nSPS) is 14.2. The van der Waals surface area contributed by atoms with Crippen molar-refractivity contribution in [2.75, 3.05) is 39.6 Å². The van der Waals surface area contributed by atoms with Crippen LogP contribution in [0.25, 0.3) is 0 Å². The molecule has 0 aliphatic carbocycles. The van der Waals surface area contributed by atoms with Gasteiger partial charge in [-0.1, -0.05) is 300 Å². The fourth-order valence-electron chi connectivity index (χ4n) is 11.3. The summed E-state index contributed by atoms with van der Waals surface area (Å²) in [6.45, 7) is 4.80. The largest absolute Gasteiger partial charge is 0.472 e. The number of unbranched alkanes of at least 4 members (excludes halogenated alkanes) is 41. The highest BCUT2D eigenvalue weighted by molar-refractivity contribution is 7.47. The van der Waals surface area contributed by atoms with Crippen molar-refractivity contribution in [2.24, 2.45) is 0 Å². The Morgan fingerprint density at radius 2 is 0.520 bits per heavy atom. The molecule has 0 heterocycles. The number of allylic oxidation sites excluding steroid dienone is 10. The number of phosphoric acid groups is 2. The van der Waals surface area contributed by atoms with Crippen LogP contribution in [0.3, 0.4) is 0 Å². The van der Waals surface area contributed by atoms with Gasteiger partial charge in [0.15, 0.2) is 12.2 Å². The topological polar surface area (TPSA) is 237 Å². The van der Waals surface area contributed by atoms with Gasteiger partial charge in [-0.05, 0) is 109 Å². The molecular weight excluding hydrogens is 1310 g/mol. The molecule has 0 rings (SSSR count). The molecule has 100 heavy (non-hydrogen) atoms. The number of hydrogen-bond acceptors (Lipinski definition) is 15. The molecule has 584 valence electrons. The zero-order chi connectivity index (χ0) is 73.2. The van der Waals surface area contributed by atoms with Crippen LogP contribution in [0.1, 0.15) is 374 Å². The van der Waals surface area contributed by atoms with Gasteiger partial charge in [0.2, 0.25) is 0 Å². The van der Waals surface area contributed by atoms with Crippen LogP contribution < -0.4 is 0 Å². The maximum absolute atomic E-state index is 13.1. The van der Waals surface area contributed by atoms with Crippen molar-refractivity contribution in [3.8, 4) is 0 Å². The summed E-state index contributed by atoms with van der Waals surface area (Å²) in [6.07, 6.45) is 73.3. The summed E-state index contributed by atoms with van der Waals surface area (Å²) in [5.74, 6) is -2.18. The van der Waals surface area contributed by atoms with Crippen LogP contribution in [-0.2, 0) is 65.4 Å². The Morgan fingerprint density at radius 1 is 0.290 bits per heavy atom. The summed E-state index contributed by atoms with van der Waals surface area (Å²) in [4.78, 5) is 73.0. The van der Waals surface area contributed by atoms with Crippen LogP contribution in [-0.4, -0.2) is 96.7 Å². The molecule has 0 bridgehead atoms. The van der Waals surface area contributed by atoms with Crippen molar-refractivity contribution in [1.82, 2.24) is 0 Å². The summed E-state index contributed by atoms with van der Waals surface area (Å²) in [5, 5.41) is 10.6. The van der Waals surface area contributed by atoms with Crippen molar-refractivity contribution in [1.29, 1.82) is 0 Å². The van der Waals surface area contributed by atoms with Crippen molar-refractivity contribution in [3.05, 3.63) is 60.8 Å². The molecule has 0 aliphatic heterocycles. The maximum Gasteiger partial charge on any atom is 0.472 e. The number of ether oxygens (including phenoxy) is 4. The van der Waals surface area contributed by atoms with E-state index in [-0.39, 0.29) is 25.7 Å². The summed E-state index contributed by atoms with van der Waals surface area (Å²) >= 11 is 0. The highest BCUT2D eigenvalue weighted by atomic mass is 31.2. The van der Waals surface area contributed by atoms with Crippen molar-refractivity contribution < 1.29 is 80.2 Å². The molecule has 0 aliphatic rings. The lowest BCUT2D eigenvalue weighted by atomic mass is 10.0. The molecule has 0 aromatic carbocycles. The monoisotopic (exact) mass is 1460 g/mol. The third kappa shape index (κ3) is 73.1. The second-order valence-corrected chi connectivity index (χ2v) is 30.2. The van der Waals surface area contributed by atoms with Crippen LogP contribution in [0.4, 0.5) is 0 Å². The van der Waals surface area contributed by atoms with Gasteiger partial charge in [0.25, 0.3) is 0 Å². The average Bonchev–Trinajstić information content (AvgIpc) is 1.01. The van der Waals surface area contributed by atoms with E-state index in [1.165, 1.54) is 141 Å². The number of phosphoric ester groups is 2. The summed E-state index contributed by atoms with van der Waals surface area (Å²) in [5.41, 5.74) is 0. The zero-order valence-electron chi connectivity index (χ0n) is 63.9. The fraction of sp³-hybridized carbons (Fsp3) is 0.827. The van der Waals surface area contributed by atoms with Gasteiger partial charge in [0.05, 0.1) is 26.4 Å². The zero-order valence-corrected chi connectivity index (χ0v) is 65.7. The minimum absolute atomic E-state index is 0.0879. The number of aliphatic hydroxyl groups excluding tert-OH is 1. The molecule has 0 spiro atoms. The van der Waals surface area contributed by atoms with E-state index in [2.05, 4.69) is 88.5 Å². The first-order valence-electron chi connectivity index (χ1n) is 40.5. The number of esters is 4. The third-order valence-electron chi connectivity index (χ3n) is 17.5. The third-order valence-corrected chi connectivity index (χ3v) is 19.4. The van der Waals surface area contributed by atoms with Gasteiger partial charge in [0.1, 0.15) is 19.3 Å². The standard InChI is InChI=1S/C81H148O17P2/c1-5-9-13-17-21-25-29-33-37-41-45-49-53-57-61-65-78(83)91-71-76(97-80(85)67-63-59-55-51-47-43-39-35-31-27-23-19-15-11-7-3)73-95-99(87,88)93-69-75(82)70-94-100(89,90)96-74-77(98-81(86)68-64-60-56-52-48-44-40-36-32-28-24-20-16-12-8-4)72-92-79(84)66-62-58-54-50-46-42-38-34-30-26-22-18-14-10-6-2/h9,13,21,25,33-34,36-38,40,75-77,82H,5-8,10-12,14-20,22-24,26-32,35,39,41-74H2,1-4H3,(H,87,88)(H,89,90)/b13-9-,25-21-,37-33-,38-34-,40-36-. The van der Waals surface area contributed by atoms with Gasteiger partial charge in [0, 0.05) is 25.7 Å².